The van der Waals surface area contributed by atoms with Crippen molar-refractivity contribution < 1.29 is 9.21 Å². The van der Waals surface area contributed by atoms with Gasteiger partial charge in [-0.15, -0.1) is 24.8 Å². The third-order valence-corrected chi connectivity index (χ3v) is 4.72. The van der Waals surface area contributed by atoms with Crippen LogP contribution < -0.4 is 16.3 Å². The van der Waals surface area contributed by atoms with E-state index in [9.17, 15) is 9.59 Å². The topological polar surface area (TPSA) is 84.2 Å². The van der Waals surface area contributed by atoms with Gasteiger partial charge in [0.1, 0.15) is 11.3 Å². The molecule has 28 heavy (non-hydrogen) atoms. The molecule has 0 bridgehead atoms. The molecule has 3 heterocycles. The first kappa shape index (κ1) is 24.1. The van der Waals surface area contributed by atoms with Crippen LogP contribution in [0.3, 0.4) is 0 Å². The van der Waals surface area contributed by atoms with Crippen molar-refractivity contribution in [3.63, 3.8) is 0 Å². The fourth-order valence-corrected chi connectivity index (χ4v) is 3.31. The lowest BCUT2D eigenvalue weighted by atomic mass is 9.95. The van der Waals surface area contributed by atoms with Crippen LogP contribution in [0.2, 0.25) is 0 Å². The number of nitrogens with zero attached hydrogens (tertiary/aromatic N) is 1. The average Bonchev–Trinajstić information content (AvgIpc) is 2.66. The van der Waals surface area contributed by atoms with E-state index in [0.717, 1.165) is 44.5 Å². The van der Waals surface area contributed by atoms with Crippen LogP contribution >= 0.6 is 24.8 Å². The SMILES string of the molecule is Cc1cc(C2CCCNC2)oc(=O)c1C(=O)NCCCc1ccccn1.Cl.Cl. The molecule has 2 N–H and O–H groups in total. The monoisotopic (exact) mass is 427 g/mol. The van der Waals surface area contributed by atoms with E-state index in [1.54, 1.807) is 13.1 Å². The van der Waals surface area contributed by atoms with Crippen molar-refractivity contribution >= 4 is 30.7 Å². The van der Waals surface area contributed by atoms with Crippen molar-refractivity contribution in [1.29, 1.82) is 0 Å². The number of carbonyl (C=O) groups is 1. The lowest BCUT2D eigenvalue weighted by Crippen LogP contribution is -2.32. The van der Waals surface area contributed by atoms with Gasteiger partial charge in [-0.1, -0.05) is 6.07 Å². The zero-order valence-electron chi connectivity index (χ0n) is 15.9. The molecule has 1 saturated heterocycles. The molecular formula is C20H27Cl2N3O3. The Morgan fingerprint density at radius 2 is 2.18 bits per heavy atom. The Hall–Kier alpha value is -1.89. The molecule has 0 saturated carbocycles. The summed E-state index contributed by atoms with van der Waals surface area (Å²) in [5.74, 6) is 0.502. The minimum atomic E-state index is -0.548. The number of piperidine rings is 1. The molecule has 1 unspecified atom stereocenters. The first-order valence-corrected chi connectivity index (χ1v) is 9.18. The summed E-state index contributed by atoms with van der Waals surface area (Å²) in [5.41, 5.74) is 1.22. The summed E-state index contributed by atoms with van der Waals surface area (Å²) < 4.78 is 5.46. The largest absolute Gasteiger partial charge is 0.427 e. The second-order valence-electron chi connectivity index (χ2n) is 6.72. The molecule has 1 aliphatic rings. The van der Waals surface area contributed by atoms with Gasteiger partial charge < -0.3 is 15.1 Å². The number of nitrogens with one attached hydrogen (secondary N) is 2. The Bertz CT molecular complexity index is 806. The molecule has 1 amide bonds. The van der Waals surface area contributed by atoms with E-state index in [4.69, 9.17) is 4.42 Å². The minimum Gasteiger partial charge on any atom is -0.427 e. The first-order valence-electron chi connectivity index (χ1n) is 9.18. The van der Waals surface area contributed by atoms with Crippen LogP contribution in [0.15, 0.2) is 39.7 Å². The molecule has 0 spiro atoms. The molecule has 0 aliphatic carbocycles. The van der Waals surface area contributed by atoms with E-state index in [-0.39, 0.29) is 42.2 Å². The minimum absolute atomic E-state index is 0. The predicted molar refractivity (Wildman–Crippen MR) is 114 cm³/mol. The molecule has 8 heteroatoms. The van der Waals surface area contributed by atoms with E-state index in [1.165, 1.54) is 0 Å². The molecule has 2 aromatic rings. The highest BCUT2D eigenvalue weighted by Gasteiger charge is 2.22. The second kappa shape index (κ2) is 11.8. The Labute approximate surface area is 177 Å². The van der Waals surface area contributed by atoms with Gasteiger partial charge in [0.25, 0.3) is 5.91 Å². The van der Waals surface area contributed by atoms with Crippen LogP contribution in [0.4, 0.5) is 0 Å². The van der Waals surface area contributed by atoms with E-state index in [2.05, 4.69) is 15.6 Å². The highest BCUT2D eigenvalue weighted by atomic mass is 35.5. The third kappa shape index (κ3) is 6.33. The van der Waals surface area contributed by atoms with Crippen molar-refractivity contribution in [1.82, 2.24) is 15.6 Å². The molecule has 2 aromatic heterocycles. The highest BCUT2D eigenvalue weighted by molar-refractivity contribution is 5.95. The van der Waals surface area contributed by atoms with Gasteiger partial charge in [0.2, 0.25) is 0 Å². The molecule has 1 aliphatic heterocycles. The fourth-order valence-electron chi connectivity index (χ4n) is 3.31. The summed E-state index contributed by atoms with van der Waals surface area (Å²) in [4.78, 5) is 29.0. The molecule has 154 valence electrons. The van der Waals surface area contributed by atoms with Crippen LogP contribution in [0.1, 0.15) is 52.6 Å². The summed E-state index contributed by atoms with van der Waals surface area (Å²) in [6.45, 7) is 4.09. The maximum atomic E-state index is 12.4. The number of amides is 1. The van der Waals surface area contributed by atoms with Crippen molar-refractivity contribution in [3.8, 4) is 0 Å². The molecule has 1 atom stereocenters. The molecule has 1 fully saturated rings. The van der Waals surface area contributed by atoms with Crippen LogP contribution in [0.25, 0.3) is 0 Å². The van der Waals surface area contributed by atoms with Gasteiger partial charge in [-0.25, -0.2) is 4.79 Å². The van der Waals surface area contributed by atoms with Gasteiger partial charge in [0.15, 0.2) is 0 Å². The van der Waals surface area contributed by atoms with Crippen molar-refractivity contribution in [3.05, 3.63) is 63.5 Å². The lowest BCUT2D eigenvalue weighted by Gasteiger charge is -2.22. The quantitative estimate of drug-likeness (QED) is 0.692. The summed E-state index contributed by atoms with van der Waals surface area (Å²) in [5, 5.41) is 6.12. The van der Waals surface area contributed by atoms with Gasteiger partial charge in [0, 0.05) is 30.9 Å². The second-order valence-corrected chi connectivity index (χ2v) is 6.72. The number of hydrogen-bond acceptors (Lipinski definition) is 5. The first-order chi connectivity index (χ1) is 12.6. The Balaban J connectivity index is 0.00000196. The van der Waals surface area contributed by atoms with E-state index in [0.29, 0.717) is 17.9 Å². The van der Waals surface area contributed by atoms with Crippen molar-refractivity contribution in [2.75, 3.05) is 19.6 Å². The smallest absolute Gasteiger partial charge is 0.349 e. The maximum absolute atomic E-state index is 12.4. The zero-order chi connectivity index (χ0) is 18.4. The highest BCUT2D eigenvalue weighted by Crippen LogP contribution is 2.23. The van der Waals surface area contributed by atoms with E-state index < -0.39 is 5.63 Å². The molecule has 3 rings (SSSR count). The van der Waals surface area contributed by atoms with Crippen molar-refractivity contribution in [2.45, 2.75) is 38.5 Å². The van der Waals surface area contributed by atoms with E-state index in [1.807, 2.05) is 24.3 Å². The van der Waals surface area contributed by atoms with Gasteiger partial charge in [-0.3, -0.25) is 9.78 Å². The number of rotatable bonds is 6. The van der Waals surface area contributed by atoms with E-state index >= 15 is 0 Å². The van der Waals surface area contributed by atoms with Crippen LogP contribution in [0.5, 0.6) is 0 Å². The summed E-state index contributed by atoms with van der Waals surface area (Å²) >= 11 is 0. The normalized spacial score (nSPS) is 15.8. The predicted octanol–water partition coefficient (Wildman–Crippen LogP) is 3.02. The molecule has 0 aromatic carbocycles. The fraction of sp³-hybridized carbons (Fsp3) is 0.450. The standard InChI is InChI=1S/C20H25N3O3.2ClH/c1-14-12-17(15-6-4-9-21-13-15)26-20(25)18(14)19(24)23-11-5-8-16-7-2-3-10-22-16;;/h2-3,7,10,12,15,21H,4-6,8-9,11,13H2,1H3,(H,23,24);2*1H. The number of carbonyl (C=O) groups excluding carboxylic acids is 1. The van der Waals surface area contributed by atoms with Gasteiger partial charge in [-0.2, -0.15) is 0 Å². The van der Waals surface area contributed by atoms with Crippen molar-refractivity contribution in [2.24, 2.45) is 0 Å². The molecule has 6 nitrogen and oxygen atoms in total. The van der Waals surface area contributed by atoms with Gasteiger partial charge >= 0.3 is 5.63 Å². The summed E-state index contributed by atoms with van der Waals surface area (Å²) in [6.07, 6.45) is 5.35. The Morgan fingerprint density at radius 3 is 2.82 bits per heavy atom. The van der Waals surface area contributed by atoms with Crippen LogP contribution in [0, 0.1) is 6.92 Å². The summed E-state index contributed by atoms with van der Waals surface area (Å²) in [7, 11) is 0. The number of hydrogen-bond donors (Lipinski definition) is 2. The number of aryl methyl sites for hydroxylation is 2. The lowest BCUT2D eigenvalue weighted by molar-refractivity contribution is 0.0948. The summed E-state index contributed by atoms with van der Waals surface area (Å²) in [6, 6.07) is 7.61. The number of pyridine rings is 1. The Kier molecular flexibility index (Phi) is 10.2. The van der Waals surface area contributed by atoms with Crippen LogP contribution in [-0.2, 0) is 6.42 Å². The third-order valence-electron chi connectivity index (χ3n) is 4.72. The zero-order valence-corrected chi connectivity index (χ0v) is 17.5. The van der Waals surface area contributed by atoms with Gasteiger partial charge in [-0.05, 0) is 62.9 Å². The number of aromatic nitrogens is 1. The van der Waals surface area contributed by atoms with Crippen LogP contribution in [-0.4, -0.2) is 30.5 Å². The molecular weight excluding hydrogens is 401 g/mol. The van der Waals surface area contributed by atoms with Gasteiger partial charge in [0.05, 0.1) is 0 Å². The maximum Gasteiger partial charge on any atom is 0.349 e. The average molecular weight is 428 g/mol. The Morgan fingerprint density at radius 1 is 1.36 bits per heavy atom. The molecule has 0 radical (unpaired) electrons. The number of halogens is 2.